The van der Waals surface area contributed by atoms with Crippen molar-refractivity contribution in [3.63, 3.8) is 0 Å². The molecule has 2 amide bonds. The van der Waals surface area contributed by atoms with Crippen molar-refractivity contribution in [1.82, 2.24) is 16.0 Å². The molecule has 1 aliphatic rings. The highest BCUT2D eigenvalue weighted by molar-refractivity contribution is 5.94. The molecule has 6 heteroatoms. The Morgan fingerprint density at radius 2 is 1.86 bits per heavy atom. The minimum Gasteiger partial charge on any atom is -0.355 e. The molecule has 2 rings (SSSR count). The lowest BCUT2D eigenvalue weighted by atomic mass is 10.0. The minimum atomic E-state index is -0.365. The number of nitrogens with one attached hydrogen (secondary N) is 3. The number of carbonyl (C=O) groups excluding carboxylic acids is 2. The molecule has 5 nitrogen and oxygen atoms in total. The van der Waals surface area contributed by atoms with Crippen LogP contribution >= 0.6 is 0 Å². The van der Waals surface area contributed by atoms with Gasteiger partial charge in [0, 0.05) is 18.7 Å². The first-order valence-electron chi connectivity index (χ1n) is 7.71. The van der Waals surface area contributed by atoms with Crippen molar-refractivity contribution in [3.05, 3.63) is 35.6 Å². The molecule has 1 unspecified atom stereocenters. The fourth-order valence-corrected chi connectivity index (χ4v) is 2.40. The molecule has 0 saturated carbocycles. The van der Waals surface area contributed by atoms with E-state index in [4.69, 9.17) is 0 Å². The van der Waals surface area contributed by atoms with Crippen LogP contribution in [0.4, 0.5) is 4.39 Å². The number of hydrogen-bond acceptors (Lipinski definition) is 3. The second kappa shape index (κ2) is 8.48. The molecule has 1 atom stereocenters. The average molecular weight is 307 g/mol. The predicted octanol–water partition coefficient (Wildman–Crippen LogP) is 1.20. The first-order valence-corrected chi connectivity index (χ1v) is 7.71. The first kappa shape index (κ1) is 16.4. The molecular formula is C16H22FN3O2. The van der Waals surface area contributed by atoms with Gasteiger partial charge >= 0.3 is 0 Å². The van der Waals surface area contributed by atoms with Crippen molar-refractivity contribution >= 4 is 11.8 Å². The van der Waals surface area contributed by atoms with Gasteiger partial charge in [0.25, 0.3) is 5.91 Å². The number of hydrogen-bond donors (Lipinski definition) is 3. The summed E-state index contributed by atoms with van der Waals surface area (Å²) in [5.41, 5.74) is 0.428. The Bertz CT molecular complexity index is 499. The SMILES string of the molecule is O=C(NCCCNC(=O)C1CCCCN1)c1ccc(F)cc1. The highest BCUT2D eigenvalue weighted by Crippen LogP contribution is 2.06. The van der Waals surface area contributed by atoms with E-state index in [1.165, 1.54) is 24.3 Å². The third-order valence-electron chi connectivity index (χ3n) is 3.67. The lowest BCUT2D eigenvalue weighted by Crippen LogP contribution is -2.47. The molecule has 0 aromatic heterocycles. The van der Waals surface area contributed by atoms with Gasteiger partial charge in [-0.3, -0.25) is 9.59 Å². The number of piperidine rings is 1. The van der Waals surface area contributed by atoms with Gasteiger partial charge in [0.1, 0.15) is 5.82 Å². The summed E-state index contributed by atoms with van der Waals surface area (Å²) in [5, 5.41) is 8.81. The van der Waals surface area contributed by atoms with Gasteiger partial charge in [-0.1, -0.05) is 6.42 Å². The maximum absolute atomic E-state index is 12.8. The van der Waals surface area contributed by atoms with Gasteiger partial charge in [-0.05, 0) is 50.1 Å². The Hall–Kier alpha value is -1.95. The molecule has 1 fully saturated rings. The zero-order chi connectivity index (χ0) is 15.8. The van der Waals surface area contributed by atoms with E-state index in [9.17, 15) is 14.0 Å². The quantitative estimate of drug-likeness (QED) is 0.692. The molecule has 0 radical (unpaired) electrons. The summed E-state index contributed by atoms with van der Waals surface area (Å²) in [6.45, 7) is 1.89. The van der Waals surface area contributed by atoms with E-state index >= 15 is 0 Å². The van der Waals surface area contributed by atoms with Gasteiger partial charge in [-0.25, -0.2) is 4.39 Å². The summed E-state index contributed by atoms with van der Waals surface area (Å²) >= 11 is 0. The summed E-state index contributed by atoms with van der Waals surface area (Å²) in [6.07, 6.45) is 3.75. The molecule has 0 aliphatic carbocycles. The lowest BCUT2D eigenvalue weighted by Gasteiger charge is -2.22. The zero-order valence-electron chi connectivity index (χ0n) is 12.5. The van der Waals surface area contributed by atoms with Crippen LogP contribution in [0.25, 0.3) is 0 Å². The standard InChI is InChI=1S/C16H22FN3O2/c17-13-7-5-12(6-8-13)15(21)19-10-3-11-20-16(22)14-4-1-2-9-18-14/h5-8,14,18H,1-4,9-11H2,(H,19,21)(H,20,22). The van der Waals surface area contributed by atoms with Crippen LogP contribution in [0.2, 0.25) is 0 Å². The molecule has 1 aromatic rings. The van der Waals surface area contributed by atoms with Gasteiger partial charge in [-0.15, -0.1) is 0 Å². The maximum Gasteiger partial charge on any atom is 0.251 e. The van der Waals surface area contributed by atoms with Crippen molar-refractivity contribution in [2.24, 2.45) is 0 Å². The molecular weight excluding hydrogens is 285 g/mol. The largest absolute Gasteiger partial charge is 0.355 e. The maximum atomic E-state index is 12.8. The monoisotopic (exact) mass is 307 g/mol. The van der Waals surface area contributed by atoms with E-state index in [1.807, 2.05) is 0 Å². The second-order valence-electron chi connectivity index (χ2n) is 5.41. The number of halogens is 1. The predicted molar refractivity (Wildman–Crippen MR) is 82.0 cm³/mol. The first-order chi connectivity index (χ1) is 10.7. The van der Waals surface area contributed by atoms with Crippen LogP contribution in [-0.2, 0) is 4.79 Å². The van der Waals surface area contributed by atoms with Gasteiger partial charge < -0.3 is 16.0 Å². The van der Waals surface area contributed by atoms with E-state index in [2.05, 4.69) is 16.0 Å². The van der Waals surface area contributed by atoms with Crippen LogP contribution in [-0.4, -0.2) is 37.5 Å². The summed E-state index contributed by atoms with van der Waals surface area (Å²) in [7, 11) is 0. The van der Waals surface area contributed by atoms with E-state index < -0.39 is 0 Å². The Kier molecular flexibility index (Phi) is 6.33. The number of carbonyl (C=O) groups is 2. The van der Waals surface area contributed by atoms with Crippen LogP contribution in [0.5, 0.6) is 0 Å². The highest BCUT2D eigenvalue weighted by Gasteiger charge is 2.19. The van der Waals surface area contributed by atoms with Crippen LogP contribution in [0.3, 0.4) is 0 Å². The van der Waals surface area contributed by atoms with Gasteiger partial charge in [0.2, 0.25) is 5.91 Å². The lowest BCUT2D eigenvalue weighted by molar-refractivity contribution is -0.123. The smallest absolute Gasteiger partial charge is 0.251 e. The Labute approximate surface area is 129 Å². The second-order valence-corrected chi connectivity index (χ2v) is 5.41. The van der Waals surface area contributed by atoms with Crippen molar-refractivity contribution in [3.8, 4) is 0 Å². The minimum absolute atomic E-state index is 0.0320. The molecule has 0 spiro atoms. The normalized spacial score (nSPS) is 17.8. The van der Waals surface area contributed by atoms with Crippen LogP contribution in [0, 0.1) is 5.82 Å². The molecule has 3 N–H and O–H groups in total. The van der Waals surface area contributed by atoms with Crippen LogP contribution in [0.1, 0.15) is 36.0 Å². The van der Waals surface area contributed by atoms with Crippen LogP contribution in [0.15, 0.2) is 24.3 Å². The molecule has 1 saturated heterocycles. The van der Waals surface area contributed by atoms with E-state index in [0.717, 1.165) is 25.8 Å². The van der Waals surface area contributed by atoms with Crippen molar-refractivity contribution in [1.29, 1.82) is 0 Å². The molecule has 1 aromatic carbocycles. The Morgan fingerprint density at radius 3 is 2.55 bits per heavy atom. The fraction of sp³-hybridized carbons (Fsp3) is 0.500. The van der Waals surface area contributed by atoms with Crippen molar-refractivity contribution < 1.29 is 14.0 Å². The Morgan fingerprint density at radius 1 is 1.14 bits per heavy atom. The van der Waals surface area contributed by atoms with Gasteiger partial charge in [0.15, 0.2) is 0 Å². The van der Waals surface area contributed by atoms with Crippen LogP contribution < -0.4 is 16.0 Å². The van der Waals surface area contributed by atoms with Gasteiger partial charge in [-0.2, -0.15) is 0 Å². The van der Waals surface area contributed by atoms with E-state index in [0.29, 0.717) is 25.1 Å². The third kappa shape index (κ3) is 5.11. The number of benzene rings is 1. The molecule has 1 aliphatic heterocycles. The van der Waals surface area contributed by atoms with E-state index in [-0.39, 0.29) is 23.7 Å². The molecule has 22 heavy (non-hydrogen) atoms. The summed E-state index contributed by atoms with van der Waals surface area (Å²) in [5.74, 6) is -0.569. The zero-order valence-corrected chi connectivity index (χ0v) is 12.5. The van der Waals surface area contributed by atoms with Crippen molar-refractivity contribution in [2.75, 3.05) is 19.6 Å². The molecule has 1 heterocycles. The summed E-state index contributed by atoms with van der Waals surface area (Å²) in [4.78, 5) is 23.6. The highest BCUT2D eigenvalue weighted by atomic mass is 19.1. The van der Waals surface area contributed by atoms with Gasteiger partial charge in [0.05, 0.1) is 6.04 Å². The summed E-state index contributed by atoms with van der Waals surface area (Å²) in [6, 6.07) is 5.32. The Balaban J connectivity index is 1.59. The van der Waals surface area contributed by atoms with E-state index in [1.54, 1.807) is 0 Å². The fourth-order valence-electron chi connectivity index (χ4n) is 2.40. The topological polar surface area (TPSA) is 70.2 Å². The number of amides is 2. The summed E-state index contributed by atoms with van der Waals surface area (Å²) < 4.78 is 12.8. The third-order valence-corrected chi connectivity index (χ3v) is 3.67. The molecule has 0 bridgehead atoms. The number of rotatable bonds is 6. The average Bonchev–Trinajstić information content (AvgIpc) is 2.55. The van der Waals surface area contributed by atoms with Crippen molar-refractivity contribution in [2.45, 2.75) is 31.7 Å². The molecule has 120 valence electrons.